The number of aryl methyl sites for hydroxylation is 1. The van der Waals surface area contributed by atoms with Gasteiger partial charge >= 0.3 is 0 Å². The Kier molecular flexibility index (Phi) is 4.15. The largest absolute Gasteiger partial charge is 0.352 e. The van der Waals surface area contributed by atoms with Crippen LogP contribution < -0.4 is 5.32 Å². The van der Waals surface area contributed by atoms with Crippen molar-refractivity contribution < 1.29 is 4.79 Å². The molecule has 0 aromatic carbocycles. The molecule has 1 unspecified atom stereocenters. The van der Waals surface area contributed by atoms with Gasteiger partial charge in [-0.1, -0.05) is 0 Å². The molecule has 1 aromatic rings. The zero-order valence-corrected chi connectivity index (χ0v) is 9.95. The summed E-state index contributed by atoms with van der Waals surface area (Å²) >= 11 is 6.01. The summed E-state index contributed by atoms with van der Waals surface area (Å²) in [5.74, 6) is -0.178. The van der Waals surface area contributed by atoms with Crippen LogP contribution >= 0.6 is 11.6 Å². The predicted molar refractivity (Wildman–Crippen MR) is 59.8 cm³/mol. The first kappa shape index (κ1) is 12.0. The summed E-state index contributed by atoms with van der Waals surface area (Å²) < 4.78 is 1.74. The van der Waals surface area contributed by atoms with Crippen LogP contribution in [0, 0.1) is 0 Å². The molecule has 0 fully saturated rings. The molecule has 1 N–H and O–H groups in total. The van der Waals surface area contributed by atoms with Gasteiger partial charge in [0.15, 0.2) is 0 Å². The van der Waals surface area contributed by atoms with E-state index in [-0.39, 0.29) is 11.9 Å². The van der Waals surface area contributed by atoms with Gasteiger partial charge in [0.05, 0.1) is 6.20 Å². The summed E-state index contributed by atoms with van der Waals surface area (Å²) in [5, 5.41) is 6.17. The molecule has 0 aliphatic rings. The highest BCUT2D eigenvalue weighted by Crippen LogP contribution is 2.19. The van der Waals surface area contributed by atoms with Crippen LogP contribution in [0.15, 0.2) is 12.4 Å². The molecule has 5 heteroatoms. The van der Waals surface area contributed by atoms with Crippen LogP contribution in [0.25, 0.3) is 0 Å². The second kappa shape index (κ2) is 5.16. The number of rotatable bonds is 4. The van der Waals surface area contributed by atoms with E-state index in [1.807, 2.05) is 20.8 Å². The topological polar surface area (TPSA) is 46.9 Å². The molecule has 1 aromatic heterocycles. The number of nitrogens with one attached hydrogen (secondary N) is 1. The maximum atomic E-state index is 11.6. The SMILES string of the molecule is CCn1cc(C(Cl)C(=O)NC(C)C)cn1. The molecule has 0 bridgehead atoms. The number of alkyl halides is 1. The lowest BCUT2D eigenvalue weighted by molar-refractivity contribution is -0.121. The number of carbonyl (C=O) groups excluding carboxylic acids is 1. The monoisotopic (exact) mass is 229 g/mol. The smallest absolute Gasteiger partial charge is 0.242 e. The number of halogens is 1. The Balaban J connectivity index is 2.67. The Morgan fingerprint density at radius 1 is 1.67 bits per heavy atom. The van der Waals surface area contributed by atoms with Crippen LogP contribution in [0.3, 0.4) is 0 Å². The molecule has 4 nitrogen and oxygen atoms in total. The van der Waals surface area contributed by atoms with Gasteiger partial charge in [-0.05, 0) is 20.8 Å². The van der Waals surface area contributed by atoms with Crippen molar-refractivity contribution in [3.8, 4) is 0 Å². The van der Waals surface area contributed by atoms with Gasteiger partial charge in [0, 0.05) is 24.3 Å². The van der Waals surface area contributed by atoms with Gasteiger partial charge in [0.25, 0.3) is 0 Å². The average molecular weight is 230 g/mol. The van der Waals surface area contributed by atoms with Crippen molar-refractivity contribution in [1.29, 1.82) is 0 Å². The minimum atomic E-state index is -0.660. The van der Waals surface area contributed by atoms with E-state index >= 15 is 0 Å². The molecular weight excluding hydrogens is 214 g/mol. The summed E-state index contributed by atoms with van der Waals surface area (Å²) in [7, 11) is 0. The Hall–Kier alpha value is -1.03. The molecule has 84 valence electrons. The van der Waals surface area contributed by atoms with Crippen LogP contribution in [-0.2, 0) is 11.3 Å². The third-order valence-electron chi connectivity index (χ3n) is 1.93. The van der Waals surface area contributed by atoms with Crippen LogP contribution in [0.4, 0.5) is 0 Å². The average Bonchev–Trinajstić information content (AvgIpc) is 2.63. The maximum Gasteiger partial charge on any atom is 0.242 e. The Labute approximate surface area is 94.6 Å². The number of hydrogen-bond acceptors (Lipinski definition) is 2. The van der Waals surface area contributed by atoms with Gasteiger partial charge < -0.3 is 5.32 Å². The van der Waals surface area contributed by atoms with E-state index in [4.69, 9.17) is 11.6 Å². The van der Waals surface area contributed by atoms with E-state index in [1.165, 1.54) is 0 Å². The predicted octanol–water partition coefficient (Wildman–Crippen LogP) is 1.71. The highest BCUT2D eigenvalue weighted by atomic mass is 35.5. The fraction of sp³-hybridized carbons (Fsp3) is 0.600. The van der Waals surface area contributed by atoms with Gasteiger partial charge in [0.2, 0.25) is 5.91 Å². The first-order valence-electron chi connectivity index (χ1n) is 5.01. The molecule has 0 aliphatic heterocycles. The van der Waals surface area contributed by atoms with Gasteiger partial charge in [-0.15, -0.1) is 11.6 Å². The second-order valence-corrected chi connectivity index (χ2v) is 4.09. The van der Waals surface area contributed by atoms with E-state index in [2.05, 4.69) is 10.4 Å². The van der Waals surface area contributed by atoms with Crippen molar-refractivity contribution in [3.63, 3.8) is 0 Å². The highest BCUT2D eigenvalue weighted by Gasteiger charge is 2.19. The first-order chi connectivity index (χ1) is 7.04. The highest BCUT2D eigenvalue weighted by molar-refractivity contribution is 6.30. The van der Waals surface area contributed by atoms with Crippen molar-refractivity contribution in [2.24, 2.45) is 0 Å². The zero-order valence-electron chi connectivity index (χ0n) is 9.20. The van der Waals surface area contributed by atoms with Gasteiger partial charge in [-0.3, -0.25) is 9.48 Å². The molecule has 1 atom stereocenters. The molecule has 0 saturated carbocycles. The van der Waals surface area contributed by atoms with Crippen LogP contribution in [0.1, 0.15) is 31.7 Å². The van der Waals surface area contributed by atoms with Crippen molar-refractivity contribution >= 4 is 17.5 Å². The van der Waals surface area contributed by atoms with Crippen molar-refractivity contribution in [2.75, 3.05) is 0 Å². The number of aromatic nitrogens is 2. The van der Waals surface area contributed by atoms with Crippen molar-refractivity contribution in [2.45, 2.75) is 38.7 Å². The standard InChI is InChI=1S/C10H16ClN3O/c1-4-14-6-8(5-12-14)9(11)10(15)13-7(2)3/h5-7,9H,4H2,1-3H3,(H,13,15). The fourth-order valence-corrected chi connectivity index (χ4v) is 1.37. The number of carbonyl (C=O) groups is 1. The van der Waals surface area contributed by atoms with E-state index in [1.54, 1.807) is 17.1 Å². The fourth-order valence-electron chi connectivity index (χ4n) is 1.19. The van der Waals surface area contributed by atoms with Crippen LogP contribution in [0.5, 0.6) is 0 Å². The van der Waals surface area contributed by atoms with E-state index in [0.29, 0.717) is 0 Å². The maximum absolute atomic E-state index is 11.6. The van der Waals surface area contributed by atoms with Gasteiger partial charge in [-0.25, -0.2) is 0 Å². The normalized spacial score (nSPS) is 12.9. The second-order valence-electron chi connectivity index (χ2n) is 3.66. The Bertz CT molecular complexity index is 335. The number of nitrogens with zero attached hydrogens (tertiary/aromatic N) is 2. The molecule has 1 heterocycles. The van der Waals surface area contributed by atoms with Gasteiger partial charge in [0.1, 0.15) is 5.38 Å². The van der Waals surface area contributed by atoms with E-state index in [0.717, 1.165) is 12.1 Å². The summed E-state index contributed by atoms with van der Waals surface area (Å²) in [6, 6.07) is 0.0972. The lowest BCUT2D eigenvalue weighted by atomic mass is 10.2. The zero-order chi connectivity index (χ0) is 11.4. The Morgan fingerprint density at radius 2 is 2.33 bits per heavy atom. The molecule has 0 radical (unpaired) electrons. The molecular formula is C10H16ClN3O. The number of amides is 1. The van der Waals surface area contributed by atoms with Gasteiger partial charge in [-0.2, -0.15) is 5.10 Å². The minimum Gasteiger partial charge on any atom is -0.352 e. The van der Waals surface area contributed by atoms with Crippen molar-refractivity contribution in [3.05, 3.63) is 18.0 Å². The summed E-state index contributed by atoms with van der Waals surface area (Å²) in [4.78, 5) is 11.6. The quantitative estimate of drug-likeness (QED) is 0.799. The van der Waals surface area contributed by atoms with E-state index in [9.17, 15) is 4.79 Å². The Morgan fingerprint density at radius 3 is 2.80 bits per heavy atom. The lowest BCUT2D eigenvalue weighted by Crippen LogP contribution is -2.32. The summed E-state index contributed by atoms with van der Waals surface area (Å²) in [6.07, 6.45) is 3.42. The van der Waals surface area contributed by atoms with Crippen LogP contribution in [-0.4, -0.2) is 21.7 Å². The summed E-state index contributed by atoms with van der Waals surface area (Å²) in [5.41, 5.74) is 0.733. The molecule has 0 saturated heterocycles. The third kappa shape index (κ3) is 3.23. The minimum absolute atomic E-state index is 0.0972. The molecule has 1 rings (SSSR count). The lowest BCUT2D eigenvalue weighted by Gasteiger charge is -2.11. The van der Waals surface area contributed by atoms with E-state index < -0.39 is 5.38 Å². The molecule has 1 amide bonds. The molecule has 15 heavy (non-hydrogen) atoms. The first-order valence-corrected chi connectivity index (χ1v) is 5.45. The number of hydrogen-bond donors (Lipinski definition) is 1. The third-order valence-corrected chi connectivity index (χ3v) is 2.38. The molecule has 0 aliphatic carbocycles. The molecule has 0 spiro atoms. The summed E-state index contributed by atoms with van der Waals surface area (Å²) in [6.45, 7) is 6.55. The van der Waals surface area contributed by atoms with Crippen molar-refractivity contribution in [1.82, 2.24) is 15.1 Å². The van der Waals surface area contributed by atoms with Crippen LogP contribution in [0.2, 0.25) is 0 Å².